The highest BCUT2D eigenvalue weighted by Gasteiger charge is 2.40. The molecule has 0 atom stereocenters. The average molecular weight is 425 g/mol. The molecule has 3 rings (SSSR count). The van der Waals surface area contributed by atoms with Gasteiger partial charge in [-0.2, -0.15) is 0 Å². The monoisotopic (exact) mass is 424 g/mol. The van der Waals surface area contributed by atoms with Crippen molar-refractivity contribution in [2.75, 3.05) is 37.4 Å². The molecule has 2 heterocycles. The molecule has 1 aromatic carbocycles. The van der Waals surface area contributed by atoms with E-state index in [2.05, 4.69) is 20.9 Å². The van der Waals surface area contributed by atoms with Crippen LogP contribution in [0.1, 0.15) is 19.8 Å². The average Bonchev–Trinajstić information content (AvgIpc) is 3.11. The van der Waals surface area contributed by atoms with E-state index in [4.69, 9.17) is 4.74 Å². The minimum atomic E-state index is -0.508. The van der Waals surface area contributed by atoms with E-state index in [1.54, 1.807) is 7.11 Å². The Morgan fingerprint density at radius 3 is 2.50 bits per heavy atom. The zero-order valence-electron chi connectivity index (χ0n) is 15.9. The number of nitrogens with zero attached hydrogens (tertiary/aromatic N) is 1. The maximum atomic E-state index is 12.9. The molecule has 1 fully saturated rings. The summed E-state index contributed by atoms with van der Waals surface area (Å²) in [5.41, 5.74) is 1.94. The second-order valence-electron chi connectivity index (χ2n) is 6.71. The molecule has 0 spiro atoms. The molecule has 0 saturated carbocycles. The van der Waals surface area contributed by atoms with Crippen LogP contribution in [0.3, 0.4) is 0 Å². The predicted octanol–water partition coefficient (Wildman–Crippen LogP) is 3.15. The molecule has 1 aliphatic heterocycles. The fourth-order valence-electron chi connectivity index (χ4n) is 3.24. The van der Waals surface area contributed by atoms with Gasteiger partial charge in [0, 0.05) is 30.7 Å². The van der Waals surface area contributed by atoms with Gasteiger partial charge >= 0.3 is 0 Å². The van der Waals surface area contributed by atoms with E-state index in [1.165, 1.54) is 18.3 Å². The van der Waals surface area contributed by atoms with Crippen molar-refractivity contribution >= 4 is 46.4 Å². The summed E-state index contributed by atoms with van der Waals surface area (Å²) in [5.74, 6) is -0.142. The summed E-state index contributed by atoms with van der Waals surface area (Å²) >= 11 is 1.40. The molecule has 2 aromatic rings. The summed E-state index contributed by atoms with van der Waals surface area (Å²) < 4.78 is 5.32. The van der Waals surface area contributed by atoms with E-state index >= 15 is 0 Å². The molecule has 7 nitrogen and oxygen atoms in total. The number of carbonyl (C=O) groups excluding carboxylic acids is 2. The summed E-state index contributed by atoms with van der Waals surface area (Å²) in [7, 11) is 1.63. The summed E-state index contributed by atoms with van der Waals surface area (Å²) in [5, 5.41) is 11.5. The van der Waals surface area contributed by atoms with Gasteiger partial charge in [-0.15, -0.1) is 23.7 Å². The lowest BCUT2D eigenvalue weighted by atomic mass is 9.79. The van der Waals surface area contributed by atoms with Gasteiger partial charge in [0.05, 0.1) is 17.7 Å². The topological polar surface area (TPSA) is 92.3 Å². The highest BCUT2D eigenvalue weighted by atomic mass is 35.5. The summed E-state index contributed by atoms with van der Waals surface area (Å²) in [6.45, 7) is 3.49. The van der Waals surface area contributed by atoms with Crippen molar-refractivity contribution in [2.45, 2.75) is 19.8 Å². The number of thiazole rings is 1. The van der Waals surface area contributed by atoms with Gasteiger partial charge in [0.15, 0.2) is 5.13 Å². The van der Waals surface area contributed by atoms with Crippen LogP contribution >= 0.6 is 23.7 Å². The van der Waals surface area contributed by atoms with Crippen molar-refractivity contribution in [3.63, 3.8) is 0 Å². The first-order valence-corrected chi connectivity index (χ1v) is 9.75. The van der Waals surface area contributed by atoms with Gasteiger partial charge in [-0.3, -0.25) is 9.59 Å². The number of rotatable bonds is 6. The number of amides is 2. The number of ether oxygens (including phenoxy) is 1. The first-order chi connectivity index (χ1) is 13.0. The van der Waals surface area contributed by atoms with Crippen LogP contribution in [0.5, 0.6) is 0 Å². The summed E-state index contributed by atoms with van der Waals surface area (Å²) in [4.78, 5) is 28.5. The van der Waals surface area contributed by atoms with Crippen molar-refractivity contribution in [3.8, 4) is 11.3 Å². The quantitative estimate of drug-likeness (QED) is 0.662. The second kappa shape index (κ2) is 9.97. The molecule has 2 amide bonds. The van der Waals surface area contributed by atoms with E-state index in [0.29, 0.717) is 11.7 Å². The highest BCUT2D eigenvalue weighted by molar-refractivity contribution is 7.14. The minimum absolute atomic E-state index is 0. The Morgan fingerprint density at radius 2 is 1.89 bits per heavy atom. The number of benzene rings is 1. The number of aromatic nitrogens is 1. The SMILES string of the molecule is COCC1(C(=O)Nc2nc(-c3ccc(NC(C)=O)cc3)cs2)CCNCC1.Cl. The molecule has 9 heteroatoms. The maximum absolute atomic E-state index is 12.9. The fourth-order valence-corrected chi connectivity index (χ4v) is 3.95. The number of nitrogens with one attached hydrogen (secondary N) is 3. The summed E-state index contributed by atoms with van der Waals surface area (Å²) in [6.07, 6.45) is 1.49. The van der Waals surface area contributed by atoms with Gasteiger partial charge in [0.2, 0.25) is 11.8 Å². The van der Waals surface area contributed by atoms with Crippen LogP contribution < -0.4 is 16.0 Å². The molecule has 1 aromatic heterocycles. The van der Waals surface area contributed by atoms with Crippen molar-refractivity contribution in [1.29, 1.82) is 0 Å². The maximum Gasteiger partial charge on any atom is 0.234 e. The third-order valence-corrected chi connectivity index (χ3v) is 5.45. The lowest BCUT2D eigenvalue weighted by Crippen LogP contribution is -2.47. The predicted molar refractivity (Wildman–Crippen MR) is 114 cm³/mol. The van der Waals surface area contributed by atoms with E-state index < -0.39 is 5.41 Å². The zero-order valence-corrected chi connectivity index (χ0v) is 17.5. The number of carbonyl (C=O) groups is 2. The standard InChI is InChI=1S/C19H24N4O3S.ClH/c1-13(24)21-15-5-3-14(4-6-15)16-11-27-18(22-16)23-17(25)19(12-26-2)7-9-20-10-8-19;/h3-6,11,20H,7-10,12H2,1-2H3,(H,21,24)(H,22,23,25);1H. The zero-order chi connectivity index (χ0) is 19.3. The molecule has 0 bridgehead atoms. The van der Waals surface area contributed by atoms with Crippen molar-refractivity contribution in [3.05, 3.63) is 29.6 Å². The van der Waals surface area contributed by atoms with Gasteiger partial charge in [-0.25, -0.2) is 4.98 Å². The Hall–Kier alpha value is -2.00. The molecule has 1 aliphatic rings. The largest absolute Gasteiger partial charge is 0.384 e. The molecule has 0 aliphatic carbocycles. The van der Waals surface area contributed by atoms with E-state index in [0.717, 1.165) is 42.9 Å². The molecule has 0 radical (unpaired) electrons. The highest BCUT2D eigenvalue weighted by Crippen LogP contribution is 2.32. The molecular formula is C19H25ClN4O3S. The Kier molecular flexibility index (Phi) is 7.94. The van der Waals surface area contributed by atoms with Gasteiger partial charge in [0.1, 0.15) is 0 Å². The van der Waals surface area contributed by atoms with Crippen molar-refractivity contribution in [1.82, 2.24) is 10.3 Å². The Balaban J connectivity index is 0.00000280. The molecular weight excluding hydrogens is 400 g/mol. The smallest absolute Gasteiger partial charge is 0.234 e. The second-order valence-corrected chi connectivity index (χ2v) is 7.57. The van der Waals surface area contributed by atoms with E-state index in [-0.39, 0.29) is 24.2 Å². The number of piperidine rings is 1. The van der Waals surface area contributed by atoms with Crippen LogP contribution in [0.15, 0.2) is 29.6 Å². The number of hydrogen-bond donors (Lipinski definition) is 3. The Morgan fingerprint density at radius 1 is 1.21 bits per heavy atom. The van der Waals surface area contributed by atoms with Crippen LogP contribution in [0.2, 0.25) is 0 Å². The number of halogens is 1. The molecule has 1 saturated heterocycles. The normalized spacial score (nSPS) is 15.4. The van der Waals surface area contributed by atoms with Crippen LogP contribution in [-0.2, 0) is 14.3 Å². The van der Waals surface area contributed by atoms with Gasteiger partial charge in [-0.05, 0) is 38.1 Å². The molecule has 0 unspecified atom stereocenters. The Bertz CT molecular complexity index is 798. The van der Waals surface area contributed by atoms with E-state index in [9.17, 15) is 9.59 Å². The summed E-state index contributed by atoms with van der Waals surface area (Å²) in [6, 6.07) is 7.45. The van der Waals surface area contributed by atoms with Gasteiger partial charge in [-0.1, -0.05) is 12.1 Å². The first kappa shape index (κ1) is 22.3. The van der Waals surface area contributed by atoms with E-state index in [1.807, 2.05) is 29.6 Å². The molecule has 28 heavy (non-hydrogen) atoms. The van der Waals surface area contributed by atoms with Crippen molar-refractivity contribution < 1.29 is 14.3 Å². The lowest BCUT2D eigenvalue weighted by molar-refractivity contribution is -0.130. The van der Waals surface area contributed by atoms with Crippen LogP contribution in [0.25, 0.3) is 11.3 Å². The number of methoxy groups -OCH3 is 1. The first-order valence-electron chi connectivity index (χ1n) is 8.87. The lowest BCUT2D eigenvalue weighted by Gasteiger charge is -2.35. The Labute approximate surface area is 174 Å². The third kappa shape index (κ3) is 5.29. The number of hydrogen-bond acceptors (Lipinski definition) is 6. The molecule has 3 N–H and O–H groups in total. The van der Waals surface area contributed by atoms with Crippen LogP contribution in [-0.4, -0.2) is 43.6 Å². The van der Waals surface area contributed by atoms with Gasteiger partial charge in [0.25, 0.3) is 0 Å². The third-order valence-electron chi connectivity index (χ3n) is 4.69. The van der Waals surface area contributed by atoms with Crippen LogP contribution in [0.4, 0.5) is 10.8 Å². The molecule has 152 valence electrons. The number of anilines is 2. The van der Waals surface area contributed by atoms with Crippen molar-refractivity contribution in [2.24, 2.45) is 5.41 Å². The fraction of sp³-hybridized carbons (Fsp3) is 0.421. The van der Waals surface area contributed by atoms with Crippen LogP contribution in [0, 0.1) is 5.41 Å². The minimum Gasteiger partial charge on any atom is -0.384 e. The van der Waals surface area contributed by atoms with Gasteiger partial charge < -0.3 is 20.7 Å².